The fraction of sp³-hybridized carbons (Fsp3) is 0.538. The molecule has 1 unspecified atom stereocenters. The summed E-state index contributed by atoms with van der Waals surface area (Å²) in [5.41, 5.74) is 1.27. The molecular weight excluding hydrogens is 280 g/mol. The molecule has 1 atom stereocenters. The van der Waals surface area contributed by atoms with Gasteiger partial charge in [0, 0.05) is 17.1 Å². The Hall–Kier alpha value is -0.580. The van der Waals surface area contributed by atoms with Gasteiger partial charge in [-0.2, -0.15) is 0 Å². The van der Waals surface area contributed by atoms with Gasteiger partial charge in [-0.15, -0.1) is 0 Å². The molecular formula is C13H21BrN2O. The van der Waals surface area contributed by atoms with Gasteiger partial charge in [0.05, 0.1) is 7.11 Å². The third-order valence-electron chi connectivity index (χ3n) is 2.71. The minimum Gasteiger partial charge on any atom is -0.497 e. The minimum absolute atomic E-state index is 0.438. The van der Waals surface area contributed by atoms with Crippen molar-refractivity contribution in [3.8, 4) is 5.75 Å². The molecule has 0 radical (unpaired) electrons. The number of ether oxygens (including phenoxy) is 1. The quantitative estimate of drug-likeness (QED) is 0.871. The first-order valence-corrected chi connectivity index (χ1v) is 6.50. The lowest BCUT2D eigenvalue weighted by Crippen LogP contribution is -2.37. The smallest absolute Gasteiger partial charge is 0.119 e. The van der Waals surface area contributed by atoms with Crippen LogP contribution in [0.1, 0.15) is 5.56 Å². The van der Waals surface area contributed by atoms with E-state index in [4.69, 9.17) is 4.74 Å². The molecule has 0 aromatic heterocycles. The van der Waals surface area contributed by atoms with Gasteiger partial charge in [-0.3, -0.25) is 0 Å². The summed E-state index contributed by atoms with van der Waals surface area (Å²) in [6.45, 7) is 1.01. The maximum atomic E-state index is 5.25. The van der Waals surface area contributed by atoms with E-state index in [1.165, 1.54) is 5.56 Å². The molecule has 1 rings (SSSR count). The van der Waals surface area contributed by atoms with Crippen LogP contribution in [0.25, 0.3) is 0 Å². The fourth-order valence-corrected chi connectivity index (χ4v) is 2.21. The van der Waals surface area contributed by atoms with Crippen LogP contribution in [0.5, 0.6) is 5.75 Å². The SMILES string of the molecule is CNC(Cc1cc(OC)ccc1Br)CN(C)C. The van der Waals surface area contributed by atoms with Crippen LogP contribution in [0, 0.1) is 0 Å². The fourth-order valence-electron chi connectivity index (χ4n) is 1.80. The number of nitrogens with zero attached hydrogens (tertiary/aromatic N) is 1. The standard InChI is InChI=1S/C13H21BrN2O/c1-15-11(9-16(2)3)7-10-8-12(17-4)5-6-13(10)14/h5-6,8,11,15H,7,9H2,1-4H3. The normalized spacial score (nSPS) is 12.8. The number of hydrogen-bond acceptors (Lipinski definition) is 3. The molecule has 0 aliphatic rings. The Morgan fingerprint density at radius 1 is 1.41 bits per heavy atom. The number of rotatable bonds is 6. The first kappa shape index (κ1) is 14.5. The molecule has 0 amide bonds. The highest BCUT2D eigenvalue weighted by molar-refractivity contribution is 9.10. The molecule has 0 saturated carbocycles. The van der Waals surface area contributed by atoms with Crippen LogP contribution in [0.15, 0.2) is 22.7 Å². The second-order valence-electron chi connectivity index (χ2n) is 4.41. The average molecular weight is 301 g/mol. The van der Waals surface area contributed by atoms with Gasteiger partial charge in [0.15, 0.2) is 0 Å². The Bertz CT molecular complexity index is 355. The molecule has 0 spiro atoms. The van der Waals surface area contributed by atoms with Crippen LogP contribution in [0.2, 0.25) is 0 Å². The Morgan fingerprint density at radius 3 is 2.65 bits per heavy atom. The molecule has 0 saturated heterocycles. The Morgan fingerprint density at radius 2 is 2.12 bits per heavy atom. The summed E-state index contributed by atoms with van der Waals surface area (Å²) in [6.07, 6.45) is 0.979. The summed E-state index contributed by atoms with van der Waals surface area (Å²) in [7, 11) is 7.88. The zero-order valence-corrected chi connectivity index (χ0v) is 12.5. The molecule has 3 nitrogen and oxygen atoms in total. The van der Waals surface area contributed by atoms with Crippen molar-refractivity contribution in [3.05, 3.63) is 28.2 Å². The molecule has 1 aromatic carbocycles. The Kier molecular flexibility index (Phi) is 5.95. The molecule has 0 aliphatic carbocycles. The molecule has 1 N–H and O–H groups in total. The van der Waals surface area contributed by atoms with Gasteiger partial charge in [0.25, 0.3) is 0 Å². The number of halogens is 1. The monoisotopic (exact) mass is 300 g/mol. The molecule has 1 aromatic rings. The van der Waals surface area contributed by atoms with Crippen LogP contribution in [0.3, 0.4) is 0 Å². The number of hydrogen-bond donors (Lipinski definition) is 1. The minimum atomic E-state index is 0.438. The summed E-state index contributed by atoms with van der Waals surface area (Å²) in [5, 5.41) is 3.34. The van der Waals surface area contributed by atoms with Crippen LogP contribution in [-0.2, 0) is 6.42 Å². The molecule has 0 aliphatic heterocycles. The van der Waals surface area contributed by atoms with E-state index in [0.29, 0.717) is 6.04 Å². The van der Waals surface area contributed by atoms with E-state index in [2.05, 4.69) is 46.3 Å². The van der Waals surface area contributed by atoms with E-state index < -0.39 is 0 Å². The molecule has 96 valence electrons. The van der Waals surface area contributed by atoms with Gasteiger partial charge < -0.3 is 15.0 Å². The highest BCUT2D eigenvalue weighted by Crippen LogP contribution is 2.23. The van der Waals surface area contributed by atoms with Crippen LogP contribution in [0.4, 0.5) is 0 Å². The van der Waals surface area contributed by atoms with Gasteiger partial charge in [-0.05, 0) is 51.3 Å². The average Bonchev–Trinajstić information content (AvgIpc) is 2.30. The maximum absolute atomic E-state index is 5.25. The summed E-state index contributed by atoms with van der Waals surface area (Å²) < 4.78 is 6.39. The summed E-state index contributed by atoms with van der Waals surface area (Å²) >= 11 is 3.59. The first-order valence-electron chi connectivity index (χ1n) is 5.71. The third kappa shape index (κ3) is 4.66. The van der Waals surface area contributed by atoms with Crippen molar-refractivity contribution in [3.63, 3.8) is 0 Å². The van der Waals surface area contributed by atoms with Crippen molar-refractivity contribution in [2.45, 2.75) is 12.5 Å². The van der Waals surface area contributed by atoms with E-state index in [9.17, 15) is 0 Å². The van der Waals surface area contributed by atoms with Crippen LogP contribution >= 0.6 is 15.9 Å². The molecule has 0 bridgehead atoms. The van der Waals surface area contributed by atoms with E-state index in [0.717, 1.165) is 23.2 Å². The number of benzene rings is 1. The van der Waals surface area contributed by atoms with E-state index in [-0.39, 0.29) is 0 Å². The lowest BCUT2D eigenvalue weighted by atomic mass is 10.1. The number of nitrogens with one attached hydrogen (secondary N) is 1. The van der Waals surface area contributed by atoms with Crippen molar-refractivity contribution in [1.82, 2.24) is 10.2 Å². The lowest BCUT2D eigenvalue weighted by Gasteiger charge is -2.21. The Balaban J connectivity index is 2.77. The lowest BCUT2D eigenvalue weighted by molar-refractivity contribution is 0.346. The number of methoxy groups -OCH3 is 1. The first-order chi connectivity index (χ1) is 8.06. The topological polar surface area (TPSA) is 24.5 Å². The van der Waals surface area contributed by atoms with Crippen molar-refractivity contribution in [2.75, 3.05) is 34.8 Å². The predicted molar refractivity (Wildman–Crippen MR) is 75.8 cm³/mol. The van der Waals surface area contributed by atoms with Crippen molar-refractivity contribution in [1.29, 1.82) is 0 Å². The summed E-state index contributed by atoms with van der Waals surface area (Å²) in [4.78, 5) is 2.19. The predicted octanol–water partition coefficient (Wildman–Crippen LogP) is 2.15. The van der Waals surface area contributed by atoms with Crippen LogP contribution in [-0.4, -0.2) is 45.7 Å². The number of likely N-dealkylation sites (N-methyl/N-ethyl adjacent to an activating group) is 2. The molecule has 4 heteroatoms. The van der Waals surface area contributed by atoms with Gasteiger partial charge in [-0.25, -0.2) is 0 Å². The van der Waals surface area contributed by atoms with E-state index in [1.807, 2.05) is 19.2 Å². The highest BCUT2D eigenvalue weighted by Gasteiger charge is 2.11. The van der Waals surface area contributed by atoms with Gasteiger partial charge in [0.2, 0.25) is 0 Å². The van der Waals surface area contributed by atoms with Gasteiger partial charge in [0.1, 0.15) is 5.75 Å². The second kappa shape index (κ2) is 6.99. The Labute approximate surface area is 112 Å². The summed E-state index contributed by atoms with van der Waals surface area (Å²) in [6, 6.07) is 6.53. The molecule has 17 heavy (non-hydrogen) atoms. The summed E-state index contributed by atoms with van der Waals surface area (Å²) in [5.74, 6) is 0.905. The second-order valence-corrected chi connectivity index (χ2v) is 5.26. The zero-order chi connectivity index (χ0) is 12.8. The van der Waals surface area contributed by atoms with E-state index >= 15 is 0 Å². The van der Waals surface area contributed by atoms with Crippen molar-refractivity contribution < 1.29 is 4.74 Å². The maximum Gasteiger partial charge on any atom is 0.119 e. The van der Waals surface area contributed by atoms with Crippen molar-refractivity contribution >= 4 is 15.9 Å². The molecule has 0 heterocycles. The zero-order valence-electron chi connectivity index (χ0n) is 11.0. The van der Waals surface area contributed by atoms with Crippen LogP contribution < -0.4 is 10.1 Å². The highest BCUT2D eigenvalue weighted by atomic mass is 79.9. The molecule has 0 fully saturated rings. The third-order valence-corrected chi connectivity index (χ3v) is 3.49. The largest absolute Gasteiger partial charge is 0.497 e. The van der Waals surface area contributed by atoms with E-state index in [1.54, 1.807) is 7.11 Å². The van der Waals surface area contributed by atoms with Gasteiger partial charge >= 0.3 is 0 Å². The van der Waals surface area contributed by atoms with Gasteiger partial charge in [-0.1, -0.05) is 15.9 Å². The van der Waals surface area contributed by atoms with Crippen molar-refractivity contribution in [2.24, 2.45) is 0 Å².